The molecule has 2 aliphatic rings. The molecule has 2 saturated carbocycles. The Kier molecular flexibility index (Phi) is 5.54. The standard InChI is InChI=1S/C17H27N3O2S/c1-11-10-23-16(18-11)15(12-7-8-12)20-17(22)19-14-6-4-2-3-5-13(14)9-21/h10,12-15,21H,2-9H2,1H3,(H2,19,20,22)/t13-,14+,15+/m0/s1. The third-order valence-electron chi connectivity index (χ3n) is 4.99. The fourth-order valence-electron chi connectivity index (χ4n) is 3.47. The maximum Gasteiger partial charge on any atom is 0.315 e. The number of hydrogen-bond acceptors (Lipinski definition) is 4. The van der Waals surface area contributed by atoms with Crippen molar-refractivity contribution in [3.63, 3.8) is 0 Å². The van der Waals surface area contributed by atoms with Gasteiger partial charge in [-0.15, -0.1) is 11.3 Å². The van der Waals surface area contributed by atoms with Gasteiger partial charge >= 0.3 is 6.03 Å². The summed E-state index contributed by atoms with van der Waals surface area (Å²) in [5.41, 5.74) is 1.02. The van der Waals surface area contributed by atoms with Crippen molar-refractivity contribution in [1.29, 1.82) is 0 Å². The molecule has 0 unspecified atom stereocenters. The highest BCUT2D eigenvalue weighted by Crippen LogP contribution is 2.41. The minimum atomic E-state index is -0.111. The van der Waals surface area contributed by atoms with Gasteiger partial charge in [0.25, 0.3) is 0 Å². The lowest BCUT2D eigenvalue weighted by atomic mass is 9.96. The van der Waals surface area contributed by atoms with Gasteiger partial charge in [0.1, 0.15) is 5.01 Å². The number of aromatic nitrogens is 1. The Morgan fingerprint density at radius 3 is 2.78 bits per heavy atom. The van der Waals surface area contributed by atoms with Crippen molar-refractivity contribution in [2.45, 2.75) is 64.0 Å². The number of carbonyl (C=O) groups is 1. The van der Waals surface area contributed by atoms with Crippen LogP contribution < -0.4 is 10.6 Å². The van der Waals surface area contributed by atoms with Gasteiger partial charge in [-0.25, -0.2) is 9.78 Å². The number of aliphatic hydroxyl groups is 1. The minimum Gasteiger partial charge on any atom is -0.396 e. The molecule has 2 amide bonds. The molecule has 128 valence electrons. The third kappa shape index (κ3) is 4.44. The smallest absolute Gasteiger partial charge is 0.315 e. The number of rotatable bonds is 5. The van der Waals surface area contributed by atoms with E-state index in [-0.39, 0.29) is 30.6 Å². The summed E-state index contributed by atoms with van der Waals surface area (Å²) in [6.45, 7) is 2.14. The third-order valence-corrected chi connectivity index (χ3v) is 6.04. The van der Waals surface area contributed by atoms with E-state index in [1.807, 2.05) is 12.3 Å². The van der Waals surface area contributed by atoms with Crippen LogP contribution in [0.1, 0.15) is 61.7 Å². The molecule has 23 heavy (non-hydrogen) atoms. The molecule has 0 radical (unpaired) electrons. The summed E-state index contributed by atoms with van der Waals surface area (Å²) < 4.78 is 0. The molecular formula is C17H27N3O2S. The quantitative estimate of drug-likeness (QED) is 0.723. The average Bonchev–Trinajstić information content (AvgIpc) is 3.31. The summed E-state index contributed by atoms with van der Waals surface area (Å²) in [7, 11) is 0. The molecule has 1 aromatic rings. The van der Waals surface area contributed by atoms with Crippen LogP contribution >= 0.6 is 11.3 Å². The van der Waals surface area contributed by atoms with Crippen LogP contribution in [0.25, 0.3) is 0 Å². The van der Waals surface area contributed by atoms with Crippen LogP contribution in [0, 0.1) is 18.8 Å². The van der Waals surface area contributed by atoms with Crippen molar-refractivity contribution in [3.05, 3.63) is 16.1 Å². The number of thiazole rings is 1. The molecular weight excluding hydrogens is 310 g/mol. The van der Waals surface area contributed by atoms with E-state index in [9.17, 15) is 9.90 Å². The van der Waals surface area contributed by atoms with Crippen molar-refractivity contribution in [1.82, 2.24) is 15.6 Å². The van der Waals surface area contributed by atoms with Crippen LogP contribution in [-0.2, 0) is 0 Å². The van der Waals surface area contributed by atoms with Crippen LogP contribution in [-0.4, -0.2) is 28.8 Å². The Morgan fingerprint density at radius 1 is 1.35 bits per heavy atom. The van der Waals surface area contributed by atoms with E-state index in [1.165, 1.54) is 6.42 Å². The lowest BCUT2D eigenvalue weighted by Gasteiger charge is -2.26. The number of aliphatic hydroxyl groups excluding tert-OH is 1. The highest BCUT2D eigenvalue weighted by molar-refractivity contribution is 7.09. The predicted molar refractivity (Wildman–Crippen MR) is 91.4 cm³/mol. The molecule has 0 bridgehead atoms. The molecule has 3 N–H and O–H groups in total. The van der Waals surface area contributed by atoms with E-state index in [2.05, 4.69) is 15.6 Å². The summed E-state index contributed by atoms with van der Waals surface area (Å²) in [6.07, 6.45) is 7.74. The molecule has 5 nitrogen and oxygen atoms in total. The Balaban J connectivity index is 1.60. The number of nitrogens with one attached hydrogen (secondary N) is 2. The van der Waals surface area contributed by atoms with Crippen LogP contribution in [0.2, 0.25) is 0 Å². The Bertz CT molecular complexity index is 530. The fourth-order valence-corrected chi connectivity index (χ4v) is 4.41. The molecule has 0 aromatic carbocycles. The average molecular weight is 337 g/mol. The van der Waals surface area contributed by atoms with E-state index in [0.29, 0.717) is 5.92 Å². The topological polar surface area (TPSA) is 74.2 Å². The van der Waals surface area contributed by atoms with Crippen LogP contribution in [0.5, 0.6) is 0 Å². The number of aryl methyl sites for hydroxylation is 1. The first-order chi connectivity index (χ1) is 11.2. The van der Waals surface area contributed by atoms with Gasteiger partial charge in [-0.3, -0.25) is 0 Å². The van der Waals surface area contributed by atoms with Gasteiger partial charge in [0.2, 0.25) is 0 Å². The summed E-state index contributed by atoms with van der Waals surface area (Å²) >= 11 is 1.63. The Hall–Kier alpha value is -1.14. The molecule has 1 aromatic heterocycles. The molecule has 0 aliphatic heterocycles. The second-order valence-electron chi connectivity index (χ2n) is 6.95. The van der Waals surface area contributed by atoms with Gasteiger partial charge in [0, 0.05) is 29.6 Å². The molecule has 0 spiro atoms. The summed E-state index contributed by atoms with van der Waals surface area (Å²) in [5, 5.41) is 18.9. The molecule has 1 heterocycles. The first kappa shape index (κ1) is 16.7. The molecule has 0 saturated heterocycles. The number of nitrogens with zero attached hydrogens (tertiary/aromatic N) is 1. The summed E-state index contributed by atoms with van der Waals surface area (Å²) in [4.78, 5) is 17.0. The number of hydrogen-bond donors (Lipinski definition) is 3. The molecule has 3 rings (SSSR count). The van der Waals surface area contributed by atoms with Crippen molar-refractivity contribution in [3.8, 4) is 0 Å². The highest BCUT2D eigenvalue weighted by Gasteiger charge is 2.36. The van der Waals surface area contributed by atoms with E-state index >= 15 is 0 Å². The SMILES string of the molecule is Cc1csc([C@H](NC(=O)N[C@@H]2CCCCC[C@H]2CO)C2CC2)n1. The van der Waals surface area contributed by atoms with Gasteiger partial charge < -0.3 is 15.7 Å². The van der Waals surface area contributed by atoms with Crippen molar-refractivity contribution >= 4 is 17.4 Å². The number of carbonyl (C=O) groups excluding carboxylic acids is 1. The van der Waals surface area contributed by atoms with Crippen molar-refractivity contribution < 1.29 is 9.90 Å². The van der Waals surface area contributed by atoms with Crippen molar-refractivity contribution in [2.24, 2.45) is 11.8 Å². The van der Waals surface area contributed by atoms with Crippen LogP contribution in [0.3, 0.4) is 0 Å². The number of urea groups is 1. The van der Waals surface area contributed by atoms with E-state index in [0.717, 1.165) is 49.2 Å². The highest BCUT2D eigenvalue weighted by atomic mass is 32.1. The zero-order valence-corrected chi connectivity index (χ0v) is 14.6. The van der Waals surface area contributed by atoms with Gasteiger partial charge in [-0.05, 0) is 38.5 Å². The zero-order chi connectivity index (χ0) is 16.2. The van der Waals surface area contributed by atoms with Crippen LogP contribution in [0.4, 0.5) is 4.79 Å². The fraction of sp³-hybridized carbons (Fsp3) is 0.765. The van der Waals surface area contributed by atoms with Gasteiger partial charge in [-0.2, -0.15) is 0 Å². The molecule has 2 aliphatic carbocycles. The first-order valence-electron chi connectivity index (χ1n) is 8.77. The van der Waals surface area contributed by atoms with E-state index in [1.54, 1.807) is 11.3 Å². The van der Waals surface area contributed by atoms with Crippen LogP contribution in [0.15, 0.2) is 5.38 Å². The molecule has 2 fully saturated rings. The largest absolute Gasteiger partial charge is 0.396 e. The second kappa shape index (κ2) is 7.62. The second-order valence-corrected chi connectivity index (χ2v) is 7.84. The van der Waals surface area contributed by atoms with Gasteiger partial charge in [-0.1, -0.05) is 19.3 Å². The summed E-state index contributed by atoms with van der Waals surface area (Å²) in [6, 6.07) is 0.00698. The van der Waals surface area contributed by atoms with E-state index < -0.39 is 0 Å². The normalized spacial score (nSPS) is 26.3. The van der Waals surface area contributed by atoms with Gasteiger partial charge in [0.15, 0.2) is 0 Å². The predicted octanol–water partition coefficient (Wildman–Crippen LogP) is 3.14. The molecule has 3 atom stereocenters. The monoisotopic (exact) mass is 337 g/mol. The lowest BCUT2D eigenvalue weighted by molar-refractivity contribution is 0.178. The Morgan fingerprint density at radius 2 is 2.13 bits per heavy atom. The maximum atomic E-state index is 12.5. The first-order valence-corrected chi connectivity index (χ1v) is 9.65. The lowest BCUT2D eigenvalue weighted by Crippen LogP contribution is -2.47. The number of amides is 2. The maximum absolute atomic E-state index is 12.5. The minimum absolute atomic E-state index is 0.0343. The zero-order valence-electron chi connectivity index (χ0n) is 13.8. The van der Waals surface area contributed by atoms with Gasteiger partial charge in [0.05, 0.1) is 6.04 Å². The van der Waals surface area contributed by atoms with Crippen molar-refractivity contribution in [2.75, 3.05) is 6.61 Å². The van der Waals surface area contributed by atoms with E-state index in [4.69, 9.17) is 0 Å². The Labute approximate surface area is 141 Å². The summed E-state index contributed by atoms with van der Waals surface area (Å²) in [5.74, 6) is 0.707. The molecule has 6 heteroatoms.